The Hall–Kier alpha value is -0.490. The summed E-state index contributed by atoms with van der Waals surface area (Å²) in [6.45, 7) is 1.64. The smallest absolute Gasteiger partial charge is 0.237 e. The zero-order chi connectivity index (χ0) is 14.5. The molecule has 2 rings (SSSR count). The molecule has 1 heterocycles. The fourth-order valence-corrected chi connectivity index (χ4v) is 3.34. The van der Waals surface area contributed by atoms with Gasteiger partial charge >= 0.3 is 0 Å². The number of ether oxygens (including phenoxy) is 1. The highest BCUT2D eigenvalue weighted by molar-refractivity contribution is 9.10. The molecule has 0 aromatic heterocycles. The predicted molar refractivity (Wildman–Crippen MR) is 83.7 cm³/mol. The number of hydrogen-bond acceptors (Lipinski definition) is 3. The molecule has 1 aromatic carbocycles. The number of halogens is 3. The Bertz CT molecular complexity index is 470. The number of amides is 1. The van der Waals surface area contributed by atoms with E-state index in [0.29, 0.717) is 28.9 Å². The molecule has 1 aliphatic heterocycles. The van der Waals surface area contributed by atoms with Crippen molar-refractivity contribution in [2.24, 2.45) is 0 Å². The van der Waals surface area contributed by atoms with Gasteiger partial charge in [-0.25, -0.2) is 0 Å². The largest absolute Gasteiger partial charge is 0.489 e. The van der Waals surface area contributed by atoms with Gasteiger partial charge in [0.05, 0.1) is 22.6 Å². The fourth-order valence-electron chi connectivity index (χ4n) is 2.03. The van der Waals surface area contributed by atoms with Crippen molar-refractivity contribution < 1.29 is 9.53 Å². The highest BCUT2D eigenvalue weighted by Crippen LogP contribution is 2.35. The number of rotatable bonds is 5. The normalized spacial score (nSPS) is 18.1. The highest BCUT2D eigenvalue weighted by atomic mass is 79.9. The van der Waals surface area contributed by atoms with Crippen LogP contribution in [-0.4, -0.2) is 31.6 Å². The Balaban J connectivity index is 1.77. The fraction of sp³-hybridized carbons (Fsp3) is 0.462. The van der Waals surface area contributed by atoms with Crippen LogP contribution in [-0.2, 0) is 4.79 Å². The second kappa shape index (κ2) is 7.50. The summed E-state index contributed by atoms with van der Waals surface area (Å²) >= 11 is 15.4. The van der Waals surface area contributed by atoms with Gasteiger partial charge in [-0.1, -0.05) is 39.1 Å². The van der Waals surface area contributed by atoms with Gasteiger partial charge in [-0.2, -0.15) is 0 Å². The van der Waals surface area contributed by atoms with Crippen molar-refractivity contribution in [2.75, 3.05) is 19.7 Å². The van der Waals surface area contributed by atoms with Gasteiger partial charge in [0.15, 0.2) is 5.75 Å². The van der Waals surface area contributed by atoms with Gasteiger partial charge in [-0.15, -0.1) is 0 Å². The summed E-state index contributed by atoms with van der Waals surface area (Å²) in [6, 6.07) is 3.35. The zero-order valence-corrected chi connectivity index (χ0v) is 13.8. The number of benzene rings is 1. The molecule has 0 bridgehead atoms. The van der Waals surface area contributed by atoms with Crippen LogP contribution in [0.5, 0.6) is 5.75 Å². The standard InChI is InChI=1S/C13H15BrCl2N2O2/c14-8-6-9(15)12(10(16)7-8)20-5-4-18-13(19)11-2-1-3-17-11/h6-7,11,17H,1-5H2,(H,18,19). The highest BCUT2D eigenvalue weighted by Gasteiger charge is 2.21. The first-order valence-electron chi connectivity index (χ1n) is 6.36. The van der Waals surface area contributed by atoms with Crippen LogP contribution in [0.1, 0.15) is 12.8 Å². The molecule has 110 valence electrons. The molecule has 1 saturated heterocycles. The molecule has 20 heavy (non-hydrogen) atoms. The molecule has 7 heteroatoms. The average molecular weight is 382 g/mol. The number of carbonyl (C=O) groups is 1. The molecule has 2 N–H and O–H groups in total. The minimum absolute atomic E-state index is 0.0131. The van der Waals surface area contributed by atoms with Crippen molar-refractivity contribution in [1.29, 1.82) is 0 Å². The Morgan fingerprint density at radius 1 is 1.45 bits per heavy atom. The molecule has 4 nitrogen and oxygen atoms in total. The maximum Gasteiger partial charge on any atom is 0.237 e. The van der Waals surface area contributed by atoms with Crippen LogP contribution in [0.25, 0.3) is 0 Å². The van der Waals surface area contributed by atoms with E-state index in [1.54, 1.807) is 12.1 Å². The second-order valence-electron chi connectivity index (χ2n) is 4.49. The summed E-state index contributed by atoms with van der Waals surface area (Å²) in [6.07, 6.45) is 1.93. The van der Waals surface area contributed by atoms with E-state index in [2.05, 4.69) is 26.6 Å². The topological polar surface area (TPSA) is 50.4 Å². The lowest BCUT2D eigenvalue weighted by Crippen LogP contribution is -2.41. The van der Waals surface area contributed by atoms with E-state index >= 15 is 0 Å². The van der Waals surface area contributed by atoms with Crippen molar-refractivity contribution in [3.8, 4) is 5.75 Å². The van der Waals surface area contributed by atoms with Gasteiger partial charge in [0, 0.05) is 4.47 Å². The Labute approximate surface area is 136 Å². The molecule has 0 saturated carbocycles. The minimum Gasteiger partial charge on any atom is -0.489 e. The van der Waals surface area contributed by atoms with E-state index in [-0.39, 0.29) is 11.9 Å². The molecule has 0 aliphatic carbocycles. The van der Waals surface area contributed by atoms with E-state index < -0.39 is 0 Å². The van der Waals surface area contributed by atoms with Crippen LogP contribution in [0, 0.1) is 0 Å². The van der Waals surface area contributed by atoms with Gasteiger partial charge in [0.2, 0.25) is 5.91 Å². The van der Waals surface area contributed by atoms with Crippen molar-refractivity contribution >= 4 is 45.0 Å². The van der Waals surface area contributed by atoms with Crippen LogP contribution in [0.4, 0.5) is 0 Å². The molecule has 1 unspecified atom stereocenters. The summed E-state index contributed by atoms with van der Waals surface area (Å²) in [5, 5.41) is 6.84. The van der Waals surface area contributed by atoms with Crippen molar-refractivity contribution in [1.82, 2.24) is 10.6 Å². The SMILES string of the molecule is O=C(NCCOc1c(Cl)cc(Br)cc1Cl)C1CCCN1. The lowest BCUT2D eigenvalue weighted by molar-refractivity contribution is -0.122. The summed E-state index contributed by atoms with van der Waals surface area (Å²) in [7, 11) is 0. The molecule has 1 fully saturated rings. The lowest BCUT2D eigenvalue weighted by atomic mass is 10.2. The molecule has 0 radical (unpaired) electrons. The molecule has 1 atom stereocenters. The zero-order valence-electron chi connectivity index (χ0n) is 10.7. The van der Waals surface area contributed by atoms with Gasteiger partial charge in [0.1, 0.15) is 6.61 Å². The van der Waals surface area contributed by atoms with Gasteiger partial charge in [-0.3, -0.25) is 4.79 Å². The number of nitrogens with one attached hydrogen (secondary N) is 2. The van der Waals surface area contributed by atoms with E-state index in [1.807, 2.05) is 0 Å². The minimum atomic E-state index is -0.0742. The van der Waals surface area contributed by atoms with Crippen LogP contribution in [0.2, 0.25) is 10.0 Å². The van der Waals surface area contributed by atoms with Gasteiger partial charge in [-0.05, 0) is 31.5 Å². The van der Waals surface area contributed by atoms with Crippen molar-refractivity contribution in [3.05, 3.63) is 26.7 Å². The predicted octanol–water partition coefficient (Wildman–Crippen LogP) is 3.00. The second-order valence-corrected chi connectivity index (χ2v) is 6.22. The van der Waals surface area contributed by atoms with E-state index in [4.69, 9.17) is 27.9 Å². The molecule has 0 spiro atoms. The first-order chi connectivity index (χ1) is 9.58. The molecular formula is C13H15BrCl2N2O2. The number of carbonyl (C=O) groups excluding carboxylic acids is 1. The maximum atomic E-state index is 11.7. The number of hydrogen-bond donors (Lipinski definition) is 2. The van der Waals surface area contributed by atoms with E-state index in [9.17, 15) is 4.79 Å². The molecule has 1 aromatic rings. The molecule has 1 aliphatic rings. The average Bonchev–Trinajstić information content (AvgIpc) is 2.90. The van der Waals surface area contributed by atoms with E-state index in [0.717, 1.165) is 23.9 Å². The van der Waals surface area contributed by atoms with Crippen LogP contribution in [0.15, 0.2) is 16.6 Å². The Morgan fingerprint density at radius 2 is 2.15 bits per heavy atom. The first kappa shape index (κ1) is 15.9. The van der Waals surface area contributed by atoms with Crippen molar-refractivity contribution in [2.45, 2.75) is 18.9 Å². The third-order valence-electron chi connectivity index (χ3n) is 2.99. The summed E-state index contributed by atoms with van der Waals surface area (Å²) in [5.41, 5.74) is 0. The third-order valence-corrected chi connectivity index (χ3v) is 4.01. The van der Waals surface area contributed by atoms with Crippen LogP contribution < -0.4 is 15.4 Å². The monoisotopic (exact) mass is 380 g/mol. The Kier molecular flexibility index (Phi) is 5.96. The quantitative estimate of drug-likeness (QED) is 0.771. The summed E-state index contributed by atoms with van der Waals surface area (Å²) < 4.78 is 6.31. The molecular weight excluding hydrogens is 367 g/mol. The summed E-state index contributed by atoms with van der Waals surface area (Å²) in [5.74, 6) is 0.448. The lowest BCUT2D eigenvalue weighted by Gasteiger charge is -2.13. The van der Waals surface area contributed by atoms with Crippen LogP contribution >= 0.6 is 39.1 Å². The third kappa shape index (κ3) is 4.25. The molecule has 1 amide bonds. The maximum absolute atomic E-state index is 11.7. The van der Waals surface area contributed by atoms with Crippen LogP contribution in [0.3, 0.4) is 0 Å². The first-order valence-corrected chi connectivity index (χ1v) is 7.91. The summed E-state index contributed by atoms with van der Waals surface area (Å²) in [4.78, 5) is 11.7. The van der Waals surface area contributed by atoms with Crippen molar-refractivity contribution in [3.63, 3.8) is 0 Å². The van der Waals surface area contributed by atoms with Gasteiger partial charge < -0.3 is 15.4 Å². The Morgan fingerprint density at radius 3 is 2.75 bits per heavy atom. The van der Waals surface area contributed by atoms with Gasteiger partial charge in [0.25, 0.3) is 0 Å². The van der Waals surface area contributed by atoms with E-state index in [1.165, 1.54) is 0 Å².